The highest BCUT2D eigenvalue weighted by molar-refractivity contribution is 6.10. The molecule has 0 fully saturated rings. The quantitative estimate of drug-likeness (QED) is 0.128. The Labute approximate surface area is 231 Å². The van der Waals surface area contributed by atoms with Gasteiger partial charge in [0.05, 0.1) is 0 Å². The van der Waals surface area contributed by atoms with Crippen molar-refractivity contribution in [2.45, 2.75) is 106 Å². The van der Waals surface area contributed by atoms with Gasteiger partial charge in [0.25, 0.3) is 0 Å². The summed E-state index contributed by atoms with van der Waals surface area (Å²) in [6, 6.07) is 12.3. The third-order valence-electron chi connectivity index (χ3n) is 7.94. The topological polar surface area (TPSA) is 40.5 Å². The van der Waals surface area contributed by atoms with Crippen LogP contribution in [0.15, 0.2) is 59.7 Å². The van der Waals surface area contributed by atoms with Gasteiger partial charge >= 0.3 is 0 Å². The molecule has 0 saturated heterocycles. The molecule has 2 unspecified atom stereocenters. The summed E-state index contributed by atoms with van der Waals surface area (Å²) in [5, 5.41) is 25.3. The van der Waals surface area contributed by atoms with Crippen molar-refractivity contribution >= 4 is 21.5 Å². The van der Waals surface area contributed by atoms with E-state index in [1.165, 1.54) is 48.0 Å². The first-order valence-corrected chi connectivity index (χ1v) is 14.8. The van der Waals surface area contributed by atoms with E-state index in [4.69, 9.17) is 0 Å². The van der Waals surface area contributed by atoms with Crippen LogP contribution in [0, 0.1) is 11.8 Å². The zero-order valence-corrected chi connectivity index (χ0v) is 24.7. The highest BCUT2D eigenvalue weighted by atomic mass is 16.3. The summed E-state index contributed by atoms with van der Waals surface area (Å²) in [4.78, 5) is 0. The molecule has 0 spiro atoms. The van der Waals surface area contributed by atoms with Crippen molar-refractivity contribution in [2.24, 2.45) is 11.8 Å². The lowest BCUT2D eigenvalue weighted by atomic mass is 9.93. The standard InChI is InChI=1S/C36H50O2/c1-25(2)11-7-13-27(5)15-9-17-29-19-21-31-33(23-29)35(37)32-22-20-30(24-34(32)36(31)38)18-10-16-28(6)14-8-12-26(3)4/h11-12,19-24,27-28,37-38H,7-10,13-18H2,1-6H3. The number of phenols is 2. The van der Waals surface area contributed by atoms with Gasteiger partial charge < -0.3 is 10.2 Å². The molecule has 0 aliphatic heterocycles. The molecule has 0 aliphatic carbocycles. The van der Waals surface area contributed by atoms with Crippen LogP contribution in [0.4, 0.5) is 0 Å². The predicted octanol–water partition coefficient (Wildman–Crippen LogP) is 10.8. The lowest BCUT2D eigenvalue weighted by molar-refractivity contribution is 0.476. The molecule has 0 saturated carbocycles. The summed E-state index contributed by atoms with van der Waals surface area (Å²) in [7, 11) is 0. The zero-order valence-electron chi connectivity index (χ0n) is 24.7. The van der Waals surface area contributed by atoms with Crippen molar-refractivity contribution in [3.63, 3.8) is 0 Å². The molecule has 206 valence electrons. The molecule has 2 nitrogen and oxygen atoms in total. The van der Waals surface area contributed by atoms with Crippen molar-refractivity contribution < 1.29 is 10.2 Å². The van der Waals surface area contributed by atoms with Crippen LogP contribution < -0.4 is 0 Å². The third kappa shape index (κ3) is 8.65. The molecule has 2 heteroatoms. The first-order valence-electron chi connectivity index (χ1n) is 14.8. The van der Waals surface area contributed by atoms with E-state index < -0.39 is 0 Å². The molecular weight excluding hydrogens is 464 g/mol. The van der Waals surface area contributed by atoms with Crippen LogP contribution in [0.1, 0.15) is 104 Å². The van der Waals surface area contributed by atoms with E-state index in [0.717, 1.165) is 60.1 Å². The fraction of sp³-hybridized carbons (Fsp3) is 0.500. The number of hydrogen-bond donors (Lipinski definition) is 2. The maximum Gasteiger partial charge on any atom is 0.131 e. The van der Waals surface area contributed by atoms with E-state index in [9.17, 15) is 10.2 Å². The second-order valence-electron chi connectivity index (χ2n) is 12.2. The van der Waals surface area contributed by atoms with Crippen LogP contribution in [0.3, 0.4) is 0 Å². The number of fused-ring (bicyclic) bond motifs is 2. The van der Waals surface area contributed by atoms with Crippen molar-refractivity contribution in [2.75, 3.05) is 0 Å². The maximum atomic E-state index is 11.2. The monoisotopic (exact) mass is 514 g/mol. The number of aryl methyl sites for hydroxylation is 2. The summed E-state index contributed by atoms with van der Waals surface area (Å²) in [5.74, 6) is 1.99. The second-order valence-corrected chi connectivity index (χ2v) is 12.2. The van der Waals surface area contributed by atoms with Gasteiger partial charge in [0.2, 0.25) is 0 Å². The molecule has 38 heavy (non-hydrogen) atoms. The summed E-state index contributed by atoms with van der Waals surface area (Å²) >= 11 is 0. The Bertz CT molecular complexity index is 1160. The Morgan fingerprint density at radius 2 is 1.00 bits per heavy atom. The highest BCUT2D eigenvalue weighted by Gasteiger charge is 2.14. The van der Waals surface area contributed by atoms with Crippen LogP contribution in [0.5, 0.6) is 11.5 Å². The van der Waals surface area contributed by atoms with E-state index >= 15 is 0 Å². The normalized spacial score (nSPS) is 13.0. The number of benzene rings is 3. The Balaban J connectivity index is 1.65. The summed E-state index contributed by atoms with van der Waals surface area (Å²) in [6.45, 7) is 13.3. The molecule has 2 atom stereocenters. The van der Waals surface area contributed by atoms with Gasteiger partial charge in [-0.1, -0.05) is 74.3 Å². The molecule has 0 aliphatic rings. The van der Waals surface area contributed by atoms with Crippen LogP contribution >= 0.6 is 0 Å². The largest absolute Gasteiger partial charge is 0.507 e. The lowest BCUT2D eigenvalue weighted by Gasteiger charge is -2.14. The van der Waals surface area contributed by atoms with Crippen LogP contribution in [-0.2, 0) is 12.8 Å². The van der Waals surface area contributed by atoms with Gasteiger partial charge in [-0.15, -0.1) is 0 Å². The molecule has 3 aromatic carbocycles. The lowest BCUT2D eigenvalue weighted by Crippen LogP contribution is -1.96. The summed E-state index contributed by atoms with van der Waals surface area (Å²) in [6.07, 6.45) is 16.1. The predicted molar refractivity (Wildman–Crippen MR) is 166 cm³/mol. The Hall–Kier alpha value is -2.74. The van der Waals surface area contributed by atoms with E-state index in [0.29, 0.717) is 11.8 Å². The molecule has 0 bridgehead atoms. The molecule has 0 radical (unpaired) electrons. The van der Waals surface area contributed by atoms with E-state index in [2.05, 4.69) is 78.0 Å². The molecular formula is C36H50O2. The van der Waals surface area contributed by atoms with Crippen LogP contribution in [0.2, 0.25) is 0 Å². The van der Waals surface area contributed by atoms with Crippen LogP contribution in [-0.4, -0.2) is 10.2 Å². The van der Waals surface area contributed by atoms with Gasteiger partial charge in [0, 0.05) is 21.5 Å². The van der Waals surface area contributed by atoms with Gasteiger partial charge in [0.1, 0.15) is 11.5 Å². The zero-order chi connectivity index (χ0) is 27.7. The van der Waals surface area contributed by atoms with Gasteiger partial charge in [0.15, 0.2) is 0 Å². The number of aromatic hydroxyl groups is 2. The van der Waals surface area contributed by atoms with E-state index in [-0.39, 0.29) is 11.5 Å². The number of phenolic OH excluding ortho intramolecular Hbond substituents is 2. The number of allylic oxidation sites excluding steroid dienone is 4. The SMILES string of the molecule is CC(C)=CCCC(C)CCCc1ccc2c(O)c3cc(CCCC(C)CCC=C(C)C)ccc3c(O)c2c1. The minimum absolute atomic E-state index is 0.282. The second kappa shape index (κ2) is 14.4. The van der Waals surface area contributed by atoms with E-state index in [1.807, 2.05) is 12.1 Å². The smallest absolute Gasteiger partial charge is 0.131 e. The fourth-order valence-corrected chi connectivity index (χ4v) is 5.50. The van der Waals surface area contributed by atoms with Crippen molar-refractivity contribution in [1.29, 1.82) is 0 Å². The van der Waals surface area contributed by atoms with E-state index in [1.54, 1.807) is 0 Å². The molecule has 2 N–H and O–H groups in total. The van der Waals surface area contributed by atoms with Gasteiger partial charge in [-0.25, -0.2) is 0 Å². The average Bonchev–Trinajstić information content (AvgIpc) is 2.86. The summed E-state index contributed by atoms with van der Waals surface area (Å²) in [5.41, 5.74) is 5.24. The first-order chi connectivity index (χ1) is 18.2. The number of rotatable bonds is 14. The van der Waals surface area contributed by atoms with Crippen molar-refractivity contribution in [1.82, 2.24) is 0 Å². The summed E-state index contributed by atoms with van der Waals surface area (Å²) < 4.78 is 0. The fourth-order valence-electron chi connectivity index (χ4n) is 5.50. The van der Waals surface area contributed by atoms with Crippen LogP contribution in [0.25, 0.3) is 21.5 Å². The Kier molecular flexibility index (Phi) is 11.3. The minimum Gasteiger partial charge on any atom is -0.507 e. The molecule has 3 rings (SSSR count). The minimum atomic E-state index is 0.282. The molecule has 0 aromatic heterocycles. The Morgan fingerprint density at radius 1 is 0.605 bits per heavy atom. The third-order valence-corrected chi connectivity index (χ3v) is 7.94. The number of hydrogen-bond acceptors (Lipinski definition) is 2. The molecule has 3 aromatic rings. The van der Waals surface area contributed by atoms with Crippen molar-refractivity contribution in [3.8, 4) is 11.5 Å². The Morgan fingerprint density at radius 3 is 1.37 bits per heavy atom. The van der Waals surface area contributed by atoms with Gasteiger partial charge in [-0.05, 0) is 114 Å². The van der Waals surface area contributed by atoms with Gasteiger partial charge in [-0.3, -0.25) is 0 Å². The van der Waals surface area contributed by atoms with Crippen molar-refractivity contribution in [3.05, 3.63) is 70.8 Å². The first kappa shape index (κ1) is 29.8. The average molecular weight is 515 g/mol. The maximum absolute atomic E-state index is 11.2. The van der Waals surface area contributed by atoms with Gasteiger partial charge in [-0.2, -0.15) is 0 Å². The molecule has 0 heterocycles. The highest BCUT2D eigenvalue weighted by Crippen LogP contribution is 2.42. The molecule has 0 amide bonds.